The number of carbonyl (C=O) groups excluding carboxylic acids is 1. The molecule has 0 N–H and O–H groups in total. The first-order chi connectivity index (χ1) is 9.60. The molecule has 0 atom stereocenters. The summed E-state index contributed by atoms with van der Waals surface area (Å²) in [6.07, 6.45) is 0. The lowest BCUT2D eigenvalue weighted by atomic mass is 10.1. The molecule has 20 heavy (non-hydrogen) atoms. The van der Waals surface area contributed by atoms with Crippen LogP contribution in [0.2, 0.25) is 5.02 Å². The Morgan fingerprint density at radius 2 is 1.80 bits per heavy atom. The minimum Gasteiger partial charge on any atom is -0.497 e. The molecule has 2 aromatic rings. The summed E-state index contributed by atoms with van der Waals surface area (Å²) in [4.78, 5) is 11.9. The minimum absolute atomic E-state index is 0.0128. The third-order valence-electron chi connectivity index (χ3n) is 2.67. The Kier molecular flexibility index (Phi) is 4.58. The second kappa shape index (κ2) is 6.39. The summed E-state index contributed by atoms with van der Waals surface area (Å²) < 4.78 is 23.4. The number of hydrogen-bond donors (Lipinski definition) is 0. The zero-order valence-corrected chi connectivity index (χ0v) is 11.5. The number of Topliss-reactive ketones (excluding diaryl/α,β-unsaturated/α-hetero) is 1. The molecule has 0 saturated heterocycles. The number of ketones is 1. The molecule has 0 fully saturated rings. The van der Waals surface area contributed by atoms with E-state index in [1.807, 2.05) is 0 Å². The van der Waals surface area contributed by atoms with Crippen LogP contribution in [0.1, 0.15) is 10.4 Å². The van der Waals surface area contributed by atoms with Crippen molar-refractivity contribution in [2.75, 3.05) is 13.7 Å². The van der Waals surface area contributed by atoms with Crippen molar-refractivity contribution in [3.8, 4) is 11.5 Å². The maximum Gasteiger partial charge on any atom is 0.200 e. The van der Waals surface area contributed by atoms with E-state index in [0.29, 0.717) is 11.3 Å². The van der Waals surface area contributed by atoms with Gasteiger partial charge in [-0.2, -0.15) is 0 Å². The van der Waals surface area contributed by atoms with E-state index < -0.39 is 5.82 Å². The minimum atomic E-state index is -0.582. The third kappa shape index (κ3) is 3.48. The average Bonchev–Trinajstić information content (AvgIpc) is 2.48. The van der Waals surface area contributed by atoms with Gasteiger partial charge in [0.05, 0.1) is 12.1 Å². The zero-order valence-electron chi connectivity index (χ0n) is 10.7. The highest BCUT2D eigenvalue weighted by Gasteiger charge is 2.08. The Balaban J connectivity index is 1.98. The Bertz CT molecular complexity index is 611. The van der Waals surface area contributed by atoms with Gasteiger partial charge in [-0.05, 0) is 36.4 Å². The molecular formula is C15H12ClFO3. The molecule has 0 heterocycles. The van der Waals surface area contributed by atoms with Gasteiger partial charge in [0.1, 0.15) is 17.3 Å². The van der Waals surface area contributed by atoms with Crippen molar-refractivity contribution in [3.05, 3.63) is 58.9 Å². The first kappa shape index (κ1) is 14.3. The smallest absolute Gasteiger partial charge is 0.200 e. The van der Waals surface area contributed by atoms with Crippen LogP contribution in [0.3, 0.4) is 0 Å². The summed E-state index contributed by atoms with van der Waals surface area (Å²) in [5.74, 6) is 0.139. The van der Waals surface area contributed by atoms with Gasteiger partial charge in [0.15, 0.2) is 12.4 Å². The van der Waals surface area contributed by atoms with E-state index in [0.717, 1.165) is 6.07 Å². The lowest BCUT2D eigenvalue weighted by molar-refractivity contribution is 0.0921. The molecule has 0 unspecified atom stereocenters. The van der Waals surface area contributed by atoms with Gasteiger partial charge in [-0.15, -0.1) is 0 Å². The summed E-state index contributed by atoms with van der Waals surface area (Å²) in [5.41, 5.74) is 0.500. The first-order valence-corrected chi connectivity index (χ1v) is 6.23. The van der Waals surface area contributed by atoms with Gasteiger partial charge in [-0.1, -0.05) is 11.6 Å². The fraction of sp³-hybridized carbons (Fsp3) is 0.133. The summed E-state index contributed by atoms with van der Waals surface area (Å²) >= 11 is 5.56. The molecule has 3 nitrogen and oxygen atoms in total. The van der Waals surface area contributed by atoms with Gasteiger partial charge in [0.25, 0.3) is 0 Å². The Labute approximate surface area is 120 Å². The summed E-state index contributed by atoms with van der Waals surface area (Å²) in [7, 11) is 1.55. The molecule has 5 heteroatoms. The highest BCUT2D eigenvalue weighted by atomic mass is 35.5. The Morgan fingerprint density at radius 1 is 1.15 bits per heavy atom. The monoisotopic (exact) mass is 294 g/mol. The van der Waals surface area contributed by atoms with Gasteiger partial charge >= 0.3 is 0 Å². The van der Waals surface area contributed by atoms with Crippen LogP contribution in [-0.4, -0.2) is 19.5 Å². The fourth-order valence-corrected chi connectivity index (χ4v) is 1.69. The van der Waals surface area contributed by atoms with Crippen molar-refractivity contribution < 1.29 is 18.7 Å². The zero-order chi connectivity index (χ0) is 14.5. The standard InChI is InChI=1S/C15H12ClFO3/c1-19-11-4-2-10(3-5-11)15(18)9-20-12-6-7-13(16)14(17)8-12/h2-8H,9H2,1H3. The van der Waals surface area contributed by atoms with Gasteiger partial charge < -0.3 is 9.47 Å². The number of rotatable bonds is 5. The summed E-state index contributed by atoms with van der Waals surface area (Å²) in [6.45, 7) is -0.173. The molecule has 0 aliphatic heterocycles. The van der Waals surface area contributed by atoms with Gasteiger partial charge in [-0.25, -0.2) is 4.39 Å². The maximum absolute atomic E-state index is 13.2. The van der Waals surface area contributed by atoms with Crippen molar-refractivity contribution >= 4 is 17.4 Å². The van der Waals surface area contributed by atoms with Crippen molar-refractivity contribution in [3.63, 3.8) is 0 Å². The van der Waals surface area contributed by atoms with Crippen LogP contribution in [0.5, 0.6) is 11.5 Å². The molecule has 0 radical (unpaired) electrons. The average molecular weight is 295 g/mol. The van der Waals surface area contributed by atoms with Crippen LogP contribution < -0.4 is 9.47 Å². The SMILES string of the molecule is COc1ccc(C(=O)COc2ccc(Cl)c(F)c2)cc1. The lowest BCUT2D eigenvalue weighted by Gasteiger charge is -2.06. The fourth-order valence-electron chi connectivity index (χ4n) is 1.58. The van der Waals surface area contributed by atoms with Crippen LogP contribution in [0.15, 0.2) is 42.5 Å². The molecule has 0 amide bonds. The molecule has 2 rings (SSSR count). The maximum atomic E-state index is 13.2. The Hall–Kier alpha value is -2.07. The normalized spacial score (nSPS) is 10.2. The molecular weight excluding hydrogens is 283 g/mol. The molecule has 0 aliphatic rings. The van der Waals surface area contributed by atoms with E-state index in [1.165, 1.54) is 12.1 Å². The molecule has 104 valence electrons. The quantitative estimate of drug-likeness (QED) is 0.788. The summed E-state index contributed by atoms with van der Waals surface area (Å²) in [6, 6.07) is 10.7. The predicted molar refractivity (Wildman–Crippen MR) is 74.2 cm³/mol. The van der Waals surface area contributed by atoms with E-state index in [4.69, 9.17) is 21.1 Å². The first-order valence-electron chi connectivity index (χ1n) is 5.85. The van der Waals surface area contributed by atoms with E-state index in [-0.39, 0.29) is 23.2 Å². The molecule has 0 aliphatic carbocycles. The van der Waals surface area contributed by atoms with E-state index in [1.54, 1.807) is 31.4 Å². The van der Waals surface area contributed by atoms with E-state index in [9.17, 15) is 9.18 Å². The number of carbonyl (C=O) groups is 1. The second-order valence-corrected chi connectivity index (χ2v) is 4.42. The number of benzene rings is 2. The second-order valence-electron chi connectivity index (χ2n) is 4.02. The topological polar surface area (TPSA) is 35.5 Å². The van der Waals surface area contributed by atoms with Crippen LogP contribution in [0, 0.1) is 5.82 Å². The van der Waals surface area contributed by atoms with Crippen molar-refractivity contribution in [1.29, 1.82) is 0 Å². The molecule has 0 aromatic heterocycles. The molecule has 0 saturated carbocycles. The third-order valence-corrected chi connectivity index (χ3v) is 2.98. The Morgan fingerprint density at radius 3 is 2.40 bits per heavy atom. The highest BCUT2D eigenvalue weighted by molar-refractivity contribution is 6.30. The van der Waals surface area contributed by atoms with E-state index >= 15 is 0 Å². The van der Waals surface area contributed by atoms with Crippen molar-refractivity contribution in [2.45, 2.75) is 0 Å². The number of hydrogen-bond acceptors (Lipinski definition) is 3. The number of halogens is 2. The highest BCUT2D eigenvalue weighted by Crippen LogP contribution is 2.20. The van der Waals surface area contributed by atoms with Crippen LogP contribution in [0.4, 0.5) is 4.39 Å². The number of methoxy groups -OCH3 is 1. The van der Waals surface area contributed by atoms with Gasteiger partial charge in [0, 0.05) is 11.6 Å². The lowest BCUT2D eigenvalue weighted by Crippen LogP contribution is -2.11. The van der Waals surface area contributed by atoms with Gasteiger partial charge in [0.2, 0.25) is 0 Å². The summed E-state index contributed by atoms with van der Waals surface area (Å²) in [5, 5.41) is 0.0128. The molecule has 0 bridgehead atoms. The largest absolute Gasteiger partial charge is 0.497 e. The van der Waals surface area contributed by atoms with Crippen LogP contribution >= 0.6 is 11.6 Å². The predicted octanol–water partition coefficient (Wildman–Crippen LogP) is 3.75. The van der Waals surface area contributed by atoms with Crippen molar-refractivity contribution in [2.24, 2.45) is 0 Å². The molecule has 2 aromatic carbocycles. The van der Waals surface area contributed by atoms with Crippen LogP contribution in [-0.2, 0) is 0 Å². The van der Waals surface area contributed by atoms with Crippen LogP contribution in [0.25, 0.3) is 0 Å². The van der Waals surface area contributed by atoms with Gasteiger partial charge in [-0.3, -0.25) is 4.79 Å². The number of ether oxygens (including phenoxy) is 2. The van der Waals surface area contributed by atoms with Crippen molar-refractivity contribution in [1.82, 2.24) is 0 Å². The molecule has 0 spiro atoms. The van der Waals surface area contributed by atoms with E-state index in [2.05, 4.69) is 0 Å².